The fourth-order valence-electron chi connectivity index (χ4n) is 9.77. The molecule has 0 spiro atoms. The molecular formula is C34H62O3Si. The Labute approximate surface area is 237 Å². The van der Waals surface area contributed by atoms with E-state index in [1.165, 1.54) is 38.5 Å². The summed E-state index contributed by atoms with van der Waals surface area (Å²) in [6.07, 6.45) is 12.1. The van der Waals surface area contributed by atoms with Gasteiger partial charge in [0.1, 0.15) is 0 Å². The van der Waals surface area contributed by atoms with Gasteiger partial charge in [-0.3, -0.25) is 0 Å². The molecule has 0 radical (unpaired) electrons. The van der Waals surface area contributed by atoms with Crippen molar-refractivity contribution < 1.29 is 13.9 Å². The van der Waals surface area contributed by atoms with Crippen molar-refractivity contribution in [3.8, 4) is 0 Å². The summed E-state index contributed by atoms with van der Waals surface area (Å²) < 4.78 is 19.0. The van der Waals surface area contributed by atoms with Crippen LogP contribution >= 0.6 is 0 Å². The molecule has 0 saturated heterocycles. The largest absolute Gasteiger partial charge is 0.417 e. The van der Waals surface area contributed by atoms with Crippen molar-refractivity contribution in [3.05, 3.63) is 11.6 Å². The van der Waals surface area contributed by atoms with E-state index in [0.717, 1.165) is 36.7 Å². The zero-order valence-electron chi connectivity index (χ0n) is 27.2. The van der Waals surface area contributed by atoms with Gasteiger partial charge >= 0.3 is 0 Å². The normalized spacial score (nSPS) is 40.5. The number of rotatable bonds is 8. The van der Waals surface area contributed by atoms with Gasteiger partial charge in [0.15, 0.2) is 14.6 Å². The molecule has 220 valence electrons. The van der Waals surface area contributed by atoms with Gasteiger partial charge in [0, 0.05) is 18.6 Å². The monoisotopic (exact) mass is 546 g/mol. The predicted octanol–water partition coefficient (Wildman–Crippen LogP) is 9.63. The number of fused-ring (bicyclic) bond motifs is 5. The highest BCUT2D eigenvalue weighted by Gasteiger charge is 2.61. The van der Waals surface area contributed by atoms with E-state index in [2.05, 4.69) is 88.4 Å². The second-order valence-corrected chi connectivity index (χ2v) is 21.1. The fourth-order valence-corrected chi connectivity index (χ4v) is 10.9. The van der Waals surface area contributed by atoms with Crippen LogP contribution in [0.4, 0.5) is 0 Å². The average molecular weight is 547 g/mol. The Morgan fingerprint density at radius 2 is 1.66 bits per heavy atom. The van der Waals surface area contributed by atoms with Crippen molar-refractivity contribution in [1.29, 1.82) is 0 Å². The third kappa shape index (κ3) is 5.16. The molecular weight excluding hydrogens is 484 g/mol. The second kappa shape index (κ2) is 10.6. The summed E-state index contributed by atoms with van der Waals surface area (Å²) in [5.41, 5.74) is 2.55. The molecule has 0 N–H and O–H groups in total. The van der Waals surface area contributed by atoms with Gasteiger partial charge in [-0.05, 0) is 117 Å². The van der Waals surface area contributed by atoms with E-state index in [9.17, 15) is 0 Å². The maximum atomic E-state index is 6.77. The van der Waals surface area contributed by atoms with Gasteiger partial charge in [0.2, 0.25) is 0 Å². The van der Waals surface area contributed by atoms with Crippen LogP contribution in [0.25, 0.3) is 0 Å². The van der Waals surface area contributed by atoms with Crippen LogP contribution < -0.4 is 0 Å². The standard InChI is InChI=1S/C34H62O3Si/c1-13-35-24(3)37-30-19-21-34(10)28-18-20-33(9)26(23(2)22-36-38(11,12)31(4,5)6)15-16-27(33)25(28)14-17-29(34)32(30,7)8/h17,23-28,30H,13-16,18-22H2,1-12H3/t23-,24?,25+,26+,27+,28+,30+,33-,34+/m1/s1. The highest BCUT2D eigenvalue weighted by Crippen LogP contribution is 2.69. The summed E-state index contributed by atoms with van der Waals surface area (Å²) in [4.78, 5) is 0. The molecule has 0 amide bonds. The van der Waals surface area contributed by atoms with Crippen molar-refractivity contribution in [2.45, 2.75) is 145 Å². The molecule has 0 aromatic heterocycles. The first-order valence-electron chi connectivity index (χ1n) is 16.1. The van der Waals surface area contributed by atoms with Crippen LogP contribution in [0, 0.1) is 45.8 Å². The molecule has 4 aliphatic rings. The number of hydrogen-bond donors (Lipinski definition) is 0. The summed E-state index contributed by atoms with van der Waals surface area (Å²) in [5, 5.41) is 0.285. The Morgan fingerprint density at radius 1 is 0.974 bits per heavy atom. The van der Waals surface area contributed by atoms with Crippen molar-refractivity contribution in [2.24, 2.45) is 45.8 Å². The van der Waals surface area contributed by atoms with Crippen LogP contribution in [0.5, 0.6) is 0 Å². The fraction of sp³-hybridized carbons (Fsp3) is 0.941. The third-order valence-electron chi connectivity index (χ3n) is 12.9. The van der Waals surface area contributed by atoms with E-state index < -0.39 is 8.32 Å². The molecule has 3 nitrogen and oxygen atoms in total. The first kappa shape index (κ1) is 30.8. The molecule has 4 aliphatic carbocycles. The van der Waals surface area contributed by atoms with Crippen LogP contribution in [0.3, 0.4) is 0 Å². The number of hydrogen-bond acceptors (Lipinski definition) is 3. The van der Waals surface area contributed by atoms with E-state index in [4.69, 9.17) is 13.9 Å². The molecule has 1 unspecified atom stereocenters. The van der Waals surface area contributed by atoms with Crippen molar-refractivity contribution in [3.63, 3.8) is 0 Å². The number of ether oxygens (including phenoxy) is 2. The molecule has 0 aromatic rings. The topological polar surface area (TPSA) is 27.7 Å². The van der Waals surface area contributed by atoms with Gasteiger partial charge in [0.25, 0.3) is 0 Å². The van der Waals surface area contributed by atoms with Gasteiger partial charge < -0.3 is 13.9 Å². The lowest BCUT2D eigenvalue weighted by atomic mass is 9.44. The molecule has 9 atom stereocenters. The van der Waals surface area contributed by atoms with Crippen molar-refractivity contribution >= 4 is 8.32 Å². The van der Waals surface area contributed by atoms with Crippen molar-refractivity contribution in [1.82, 2.24) is 0 Å². The summed E-state index contributed by atoms with van der Waals surface area (Å²) >= 11 is 0. The lowest BCUT2D eigenvalue weighted by molar-refractivity contribution is -0.193. The molecule has 4 rings (SSSR count). The molecule has 3 fully saturated rings. The van der Waals surface area contributed by atoms with Crippen LogP contribution in [0.15, 0.2) is 11.6 Å². The molecule has 3 saturated carbocycles. The Bertz CT molecular complexity index is 871. The van der Waals surface area contributed by atoms with E-state index in [1.807, 2.05) is 0 Å². The third-order valence-corrected chi connectivity index (χ3v) is 17.4. The molecule has 0 heterocycles. The molecule has 0 aliphatic heterocycles. The lowest BCUT2D eigenvalue weighted by Gasteiger charge is -2.61. The minimum atomic E-state index is -1.70. The molecule has 0 bridgehead atoms. The Balaban J connectivity index is 1.50. The maximum absolute atomic E-state index is 6.77. The van der Waals surface area contributed by atoms with Crippen LogP contribution in [-0.2, 0) is 13.9 Å². The minimum Gasteiger partial charge on any atom is -0.417 e. The quantitative estimate of drug-likeness (QED) is 0.172. The van der Waals surface area contributed by atoms with Gasteiger partial charge in [-0.15, -0.1) is 0 Å². The molecule has 0 aromatic carbocycles. The number of allylic oxidation sites excluding steroid dienone is 1. The highest BCUT2D eigenvalue weighted by molar-refractivity contribution is 6.74. The summed E-state index contributed by atoms with van der Waals surface area (Å²) in [7, 11) is -1.70. The lowest BCUT2D eigenvalue weighted by Crippen LogP contribution is -2.55. The molecule has 38 heavy (non-hydrogen) atoms. The van der Waals surface area contributed by atoms with E-state index >= 15 is 0 Å². The Kier molecular flexibility index (Phi) is 8.58. The summed E-state index contributed by atoms with van der Waals surface area (Å²) in [6.45, 7) is 30.4. The van der Waals surface area contributed by atoms with E-state index in [-0.39, 0.29) is 22.8 Å². The van der Waals surface area contributed by atoms with Gasteiger partial charge in [-0.25, -0.2) is 0 Å². The summed E-state index contributed by atoms with van der Waals surface area (Å²) in [6, 6.07) is 0. The molecule has 4 heteroatoms. The van der Waals surface area contributed by atoms with E-state index in [0.29, 0.717) is 23.4 Å². The maximum Gasteiger partial charge on any atom is 0.191 e. The first-order chi connectivity index (χ1) is 17.5. The second-order valence-electron chi connectivity index (χ2n) is 16.3. The van der Waals surface area contributed by atoms with E-state index in [1.54, 1.807) is 5.57 Å². The van der Waals surface area contributed by atoms with Crippen molar-refractivity contribution in [2.75, 3.05) is 13.2 Å². The minimum absolute atomic E-state index is 0.0674. The highest BCUT2D eigenvalue weighted by atomic mass is 28.4. The summed E-state index contributed by atoms with van der Waals surface area (Å²) in [5.74, 6) is 3.99. The van der Waals surface area contributed by atoms with Gasteiger partial charge in [0.05, 0.1) is 6.10 Å². The SMILES string of the molecule is CCOC(C)O[C@H]1CC[C@]2(C)C(=CC[C@H]3[C@@H]4CC[C@@H]([C@H](C)CO[Si](C)(C)C(C)(C)C)[C@@]4(C)CC[C@@H]32)C1(C)C. The van der Waals surface area contributed by atoms with Crippen LogP contribution in [0.1, 0.15) is 114 Å². The first-order valence-corrected chi connectivity index (χ1v) is 19.0. The predicted molar refractivity (Wildman–Crippen MR) is 163 cm³/mol. The van der Waals surface area contributed by atoms with Gasteiger partial charge in [-0.1, -0.05) is 67.0 Å². The zero-order chi connectivity index (χ0) is 28.3. The zero-order valence-corrected chi connectivity index (χ0v) is 28.2. The smallest absolute Gasteiger partial charge is 0.191 e. The van der Waals surface area contributed by atoms with Gasteiger partial charge in [-0.2, -0.15) is 0 Å². The van der Waals surface area contributed by atoms with Crippen LogP contribution in [-0.4, -0.2) is 33.9 Å². The Hall–Kier alpha value is -0.163. The average Bonchev–Trinajstić information content (AvgIpc) is 3.16. The van der Waals surface area contributed by atoms with Crippen LogP contribution in [0.2, 0.25) is 18.1 Å². The Morgan fingerprint density at radius 3 is 2.29 bits per heavy atom.